The number of likely N-dealkylation sites (N-methyl/N-ethyl adjacent to an activating group) is 1. The molecule has 0 radical (unpaired) electrons. The molecule has 0 unspecified atom stereocenters. The van der Waals surface area contributed by atoms with Crippen molar-refractivity contribution in [2.75, 3.05) is 27.2 Å². The van der Waals surface area contributed by atoms with Crippen LogP contribution in [0.4, 0.5) is 0 Å². The fraction of sp³-hybridized carbons (Fsp3) is 0.238. The number of ether oxygens (including phenoxy) is 1. The van der Waals surface area contributed by atoms with Gasteiger partial charge in [0.15, 0.2) is 5.78 Å². The Hall–Kier alpha value is -2.72. The molecule has 0 aliphatic rings. The number of carbonyl (C=O) groups is 2. The summed E-state index contributed by atoms with van der Waals surface area (Å²) in [4.78, 5) is 25.8. The quantitative estimate of drug-likeness (QED) is 0.422. The summed E-state index contributed by atoms with van der Waals surface area (Å²) in [6.07, 6.45) is 3.83. The minimum Gasteiger partial charge on any atom is -0.461 e. The molecule has 0 saturated heterocycles. The second-order valence-corrected chi connectivity index (χ2v) is 5.97. The van der Waals surface area contributed by atoms with Crippen molar-refractivity contribution >= 4 is 11.8 Å². The van der Waals surface area contributed by atoms with Crippen molar-refractivity contribution in [2.45, 2.75) is 6.42 Å². The molecule has 0 amide bonds. The van der Waals surface area contributed by atoms with Gasteiger partial charge >= 0.3 is 5.97 Å². The van der Waals surface area contributed by atoms with Gasteiger partial charge in [0.25, 0.3) is 0 Å². The van der Waals surface area contributed by atoms with Crippen LogP contribution < -0.4 is 0 Å². The predicted molar refractivity (Wildman–Crippen MR) is 98.7 cm³/mol. The summed E-state index contributed by atoms with van der Waals surface area (Å²) in [5, 5.41) is 0. The van der Waals surface area contributed by atoms with Crippen LogP contribution in [0.5, 0.6) is 0 Å². The monoisotopic (exact) mass is 337 g/mol. The standard InChI is InChI=1S/C21H23NO3/c1-22(2)15-16-25-20(23)10-6-7-17-11-13-19(14-12-17)21(24)18-8-4-3-5-9-18/h3-6,8-14H,7,15-16H2,1-2H3. The normalized spacial score (nSPS) is 11.0. The maximum atomic E-state index is 12.3. The smallest absolute Gasteiger partial charge is 0.330 e. The lowest BCUT2D eigenvalue weighted by atomic mass is 10.0. The minimum absolute atomic E-state index is 0.00663. The number of esters is 1. The first-order valence-electron chi connectivity index (χ1n) is 8.23. The van der Waals surface area contributed by atoms with E-state index in [2.05, 4.69) is 0 Å². The SMILES string of the molecule is CN(C)CCOC(=O)C=CCc1ccc(C(=O)c2ccccc2)cc1. The van der Waals surface area contributed by atoms with Crippen molar-refractivity contribution in [3.8, 4) is 0 Å². The van der Waals surface area contributed by atoms with E-state index in [0.29, 0.717) is 30.7 Å². The third-order valence-corrected chi connectivity index (χ3v) is 3.64. The molecule has 0 heterocycles. The minimum atomic E-state index is -0.335. The summed E-state index contributed by atoms with van der Waals surface area (Å²) in [6.45, 7) is 1.09. The molecule has 130 valence electrons. The van der Waals surface area contributed by atoms with Crippen LogP contribution in [0.2, 0.25) is 0 Å². The molecule has 0 saturated carbocycles. The van der Waals surface area contributed by atoms with Crippen LogP contribution in [-0.2, 0) is 16.0 Å². The average Bonchev–Trinajstić information content (AvgIpc) is 2.62. The molecule has 0 atom stereocenters. The van der Waals surface area contributed by atoms with Gasteiger partial charge in [0.05, 0.1) is 0 Å². The highest BCUT2D eigenvalue weighted by molar-refractivity contribution is 6.08. The van der Waals surface area contributed by atoms with E-state index < -0.39 is 0 Å². The molecule has 0 N–H and O–H groups in total. The van der Waals surface area contributed by atoms with Gasteiger partial charge in [-0.1, -0.05) is 60.7 Å². The molecule has 0 aliphatic carbocycles. The number of rotatable bonds is 8. The number of allylic oxidation sites excluding steroid dienone is 1. The second-order valence-electron chi connectivity index (χ2n) is 5.97. The summed E-state index contributed by atoms with van der Waals surface area (Å²) in [6, 6.07) is 16.6. The third kappa shape index (κ3) is 6.36. The molecular weight excluding hydrogens is 314 g/mol. The number of hydrogen-bond acceptors (Lipinski definition) is 4. The lowest BCUT2D eigenvalue weighted by Gasteiger charge is -2.08. The van der Waals surface area contributed by atoms with Crippen LogP contribution in [-0.4, -0.2) is 43.9 Å². The van der Waals surface area contributed by atoms with E-state index in [9.17, 15) is 9.59 Å². The van der Waals surface area contributed by atoms with Crippen LogP contribution in [0.1, 0.15) is 21.5 Å². The van der Waals surface area contributed by atoms with Crippen molar-refractivity contribution < 1.29 is 14.3 Å². The van der Waals surface area contributed by atoms with Gasteiger partial charge in [0.2, 0.25) is 0 Å². The largest absolute Gasteiger partial charge is 0.461 e. The van der Waals surface area contributed by atoms with Gasteiger partial charge in [-0.25, -0.2) is 4.79 Å². The molecule has 0 aromatic heterocycles. The second kappa shape index (κ2) is 9.55. The van der Waals surface area contributed by atoms with Gasteiger partial charge in [0.1, 0.15) is 6.61 Å². The lowest BCUT2D eigenvalue weighted by Crippen LogP contribution is -2.19. The van der Waals surface area contributed by atoms with Crippen molar-refractivity contribution in [3.05, 3.63) is 83.4 Å². The Kier molecular flexibility index (Phi) is 7.11. The molecule has 4 nitrogen and oxygen atoms in total. The highest BCUT2D eigenvalue weighted by Crippen LogP contribution is 2.11. The van der Waals surface area contributed by atoms with Crippen molar-refractivity contribution in [1.82, 2.24) is 4.90 Å². The molecule has 0 fully saturated rings. The van der Waals surface area contributed by atoms with Crippen LogP contribution >= 0.6 is 0 Å². The van der Waals surface area contributed by atoms with E-state index in [1.807, 2.05) is 61.5 Å². The Balaban J connectivity index is 1.85. The van der Waals surface area contributed by atoms with Crippen LogP contribution in [0.25, 0.3) is 0 Å². The fourth-order valence-corrected chi connectivity index (χ4v) is 2.22. The van der Waals surface area contributed by atoms with Gasteiger partial charge in [-0.05, 0) is 26.1 Å². The van der Waals surface area contributed by atoms with Crippen LogP contribution in [0, 0.1) is 0 Å². The molecule has 0 bridgehead atoms. The number of carbonyl (C=O) groups excluding carboxylic acids is 2. The molecule has 4 heteroatoms. The highest BCUT2D eigenvalue weighted by Gasteiger charge is 2.07. The molecule has 0 spiro atoms. The molecule has 2 aromatic carbocycles. The zero-order valence-corrected chi connectivity index (χ0v) is 14.6. The molecule has 25 heavy (non-hydrogen) atoms. The first-order valence-corrected chi connectivity index (χ1v) is 8.23. The molecule has 2 rings (SSSR count). The Bertz CT molecular complexity index is 719. The summed E-state index contributed by atoms with van der Waals surface area (Å²) >= 11 is 0. The van der Waals surface area contributed by atoms with E-state index >= 15 is 0 Å². The van der Waals surface area contributed by atoms with Crippen molar-refractivity contribution in [1.29, 1.82) is 0 Å². The van der Waals surface area contributed by atoms with E-state index in [0.717, 1.165) is 5.56 Å². The number of benzene rings is 2. The summed E-state index contributed by atoms with van der Waals surface area (Å²) < 4.78 is 5.08. The first-order chi connectivity index (χ1) is 12.1. The zero-order chi connectivity index (χ0) is 18.1. The van der Waals surface area contributed by atoms with Crippen molar-refractivity contribution in [3.63, 3.8) is 0 Å². The van der Waals surface area contributed by atoms with Gasteiger partial charge in [-0.15, -0.1) is 0 Å². The van der Waals surface area contributed by atoms with E-state index in [1.54, 1.807) is 18.2 Å². The molecule has 0 aliphatic heterocycles. The predicted octanol–water partition coefficient (Wildman–Crippen LogP) is 3.12. The highest BCUT2D eigenvalue weighted by atomic mass is 16.5. The summed E-state index contributed by atoms with van der Waals surface area (Å²) in [5.74, 6) is -0.329. The van der Waals surface area contributed by atoms with Crippen LogP contribution in [0.3, 0.4) is 0 Å². The van der Waals surface area contributed by atoms with Crippen LogP contribution in [0.15, 0.2) is 66.7 Å². The summed E-state index contributed by atoms with van der Waals surface area (Å²) in [7, 11) is 3.85. The van der Waals surface area contributed by atoms with E-state index in [4.69, 9.17) is 4.74 Å². The topological polar surface area (TPSA) is 46.6 Å². The Labute approximate surface area is 148 Å². The van der Waals surface area contributed by atoms with Gasteiger partial charge in [-0.2, -0.15) is 0 Å². The fourth-order valence-electron chi connectivity index (χ4n) is 2.22. The maximum absolute atomic E-state index is 12.3. The first kappa shape index (κ1) is 18.6. The zero-order valence-electron chi connectivity index (χ0n) is 14.6. The lowest BCUT2D eigenvalue weighted by molar-refractivity contribution is -0.138. The number of nitrogens with zero attached hydrogens (tertiary/aromatic N) is 1. The Morgan fingerprint density at radius 1 is 0.960 bits per heavy atom. The number of ketones is 1. The molecular formula is C21H23NO3. The Morgan fingerprint density at radius 3 is 2.24 bits per heavy atom. The van der Waals surface area contributed by atoms with E-state index in [1.165, 1.54) is 6.08 Å². The van der Waals surface area contributed by atoms with Gasteiger partial charge in [0, 0.05) is 23.7 Å². The molecule has 2 aromatic rings. The van der Waals surface area contributed by atoms with Gasteiger partial charge < -0.3 is 9.64 Å². The van der Waals surface area contributed by atoms with E-state index in [-0.39, 0.29) is 11.8 Å². The van der Waals surface area contributed by atoms with Crippen molar-refractivity contribution in [2.24, 2.45) is 0 Å². The maximum Gasteiger partial charge on any atom is 0.330 e. The summed E-state index contributed by atoms with van der Waals surface area (Å²) in [5.41, 5.74) is 2.36. The number of hydrogen-bond donors (Lipinski definition) is 0. The average molecular weight is 337 g/mol. The Morgan fingerprint density at radius 2 is 1.60 bits per heavy atom. The third-order valence-electron chi connectivity index (χ3n) is 3.64. The van der Waals surface area contributed by atoms with Gasteiger partial charge in [-0.3, -0.25) is 4.79 Å².